The molecule has 0 aromatic heterocycles. The van der Waals surface area contributed by atoms with Gasteiger partial charge in [-0.1, -0.05) is 18.2 Å². The average molecular weight is 284 g/mol. The number of hydrogen-bond donors (Lipinski definition) is 1. The fourth-order valence-corrected chi connectivity index (χ4v) is 1.83. The number of rotatable bonds is 7. The molecule has 0 amide bonds. The second-order valence-corrected chi connectivity index (χ2v) is 4.05. The summed E-state index contributed by atoms with van der Waals surface area (Å²) in [7, 11) is 0. The Morgan fingerprint density at radius 2 is 1.90 bits per heavy atom. The van der Waals surface area contributed by atoms with Gasteiger partial charge in [0.2, 0.25) is 5.41 Å². The van der Waals surface area contributed by atoms with Gasteiger partial charge in [-0.15, -0.1) is 0 Å². The maximum atomic E-state index is 13.9. The molecule has 0 saturated carbocycles. The minimum Gasteiger partial charge on any atom is -0.480 e. The number of carbonyl (C=O) groups is 2. The Bertz CT molecular complexity index is 488. The average Bonchev–Trinajstić information content (AvgIpc) is 2.41. The van der Waals surface area contributed by atoms with Crippen LogP contribution in [0.4, 0.5) is 4.39 Å². The Morgan fingerprint density at radius 1 is 1.25 bits per heavy atom. The first-order valence-corrected chi connectivity index (χ1v) is 6.24. The van der Waals surface area contributed by atoms with E-state index in [1.165, 1.54) is 18.2 Å². The predicted molar refractivity (Wildman–Crippen MR) is 68.8 cm³/mol. The molecule has 110 valence electrons. The molecule has 0 fully saturated rings. The van der Waals surface area contributed by atoms with Crippen molar-refractivity contribution in [3.8, 4) is 0 Å². The van der Waals surface area contributed by atoms with Crippen LogP contribution in [-0.2, 0) is 24.5 Å². The third-order valence-electron chi connectivity index (χ3n) is 2.85. The fraction of sp³-hybridized carbons (Fsp3) is 0.429. The first kappa shape index (κ1) is 16.1. The van der Waals surface area contributed by atoms with Crippen LogP contribution in [-0.4, -0.2) is 36.9 Å². The van der Waals surface area contributed by atoms with E-state index in [9.17, 15) is 19.1 Å². The molecule has 1 unspecified atom stereocenters. The third-order valence-corrected chi connectivity index (χ3v) is 2.85. The van der Waals surface area contributed by atoms with Crippen molar-refractivity contribution in [2.75, 3.05) is 19.8 Å². The van der Waals surface area contributed by atoms with E-state index in [1.807, 2.05) is 0 Å². The zero-order valence-electron chi connectivity index (χ0n) is 11.4. The molecule has 1 aromatic rings. The molecule has 1 N–H and O–H groups in total. The highest BCUT2D eigenvalue weighted by molar-refractivity contribution is 6.05. The molecular weight excluding hydrogens is 267 g/mol. The van der Waals surface area contributed by atoms with Crippen molar-refractivity contribution in [3.63, 3.8) is 0 Å². The molecule has 1 atom stereocenters. The SMILES string of the molecule is CCOCC(C(=O)O)(C(=O)OCC)c1ccccc1F. The highest BCUT2D eigenvalue weighted by atomic mass is 19.1. The number of carboxylic acids is 1. The van der Waals surface area contributed by atoms with Crippen LogP contribution in [0.2, 0.25) is 0 Å². The van der Waals surface area contributed by atoms with E-state index in [0.717, 1.165) is 6.07 Å². The summed E-state index contributed by atoms with van der Waals surface area (Å²) in [5, 5.41) is 9.48. The molecule has 0 heterocycles. The zero-order valence-corrected chi connectivity index (χ0v) is 11.4. The third kappa shape index (κ3) is 2.96. The number of halogens is 1. The Balaban J connectivity index is 3.40. The molecule has 1 aromatic carbocycles. The molecule has 0 aliphatic rings. The van der Waals surface area contributed by atoms with Gasteiger partial charge in [-0.05, 0) is 19.9 Å². The second kappa shape index (κ2) is 7.00. The molecule has 1 rings (SSSR count). The Labute approximate surface area is 116 Å². The number of aliphatic carboxylic acids is 1. The van der Waals surface area contributed by atoms with Crippen molar-refractivity contribution in [2.24, 2.45) is 0 Å². The molecule has 20 heavy (non-hydrogen) atoms. The summed E-state index contributed by atoms with van der Waals surface area (Å²) in [6, 6.07) is 5.22. The van der Waals surface area contributed by atoms with E-state index >= 15 is 0 Å². The highest BCUT2D eigenvalue weighted by Crippen LogP contribution is 2.29. The maximum Gasteiger partial charge on any atom is 0.330 e. The number of ether oxygens (including phenoxy) is 2. The molecule has 0 radical (unpaired) electrons. The van der Waals surface area contributed by atoms with Crippen molar-refractivity contribution in [3.05, 3.63) is 35.6 Å². The summed E-state index contributed by atoms with van der Waals surface area (Å²) in [6.07, 6.45) is 0. The minimum absolute atomic E-state index is 0.00551. The van der Waals surface area contributed by atoms with Crippen LogP contribution in [0.15, 0.2) is 24.3 Å². The molecule has 0 aliphatic carbocycles. The van der Waals surface area contributed by atoms with Gasteiger partial charge in [-0.25, -0.2) is 4.39 Å². The quantitative estimate of drug-likeness (QED) is 0.610. The molecule has 6 heteroatoms. The lowest BCUT2D eigenvalue weighted by Gasteiger charge is -2.27. The van der Waals surface area contributed by atoms with Crippen LogP contribution in [0.25, 0.3) is 0 Å². The summed E-state index contributed by atoms with van der Waals surface area (Å²) in [6.45, 7) is 2.90. The van der Waals surface area contributed by atoms with Gasteiger partial charge in [0.05, 0.1) is 13.2 Å². The van der Waals surface area contributed by atoms with E-state index in [2.05, 4.69) is 0 Å². The van der Waals surface area contributed by atoms with Gasteiger partial charge in [0, 0.05) is 12.2 Å². The number of carboxylic acid groups (broad SMARTS) is 1. The summed E-state index contributed by atoms with van der Waals surface area (Å²) in [5.41, 5.74) is -2.46. The lowest BCUT2D eigenvalue weighted by atomic mass is 9.80. The van der Waals surface area contributed by atoms with Crippen LogP contribution >= 0.6 is 0 Å². The standard InChI is InChI=1S/C14H17FO5/c1-3-19-9-14(12(16)17,13(18)20-4-2)10-7-5-6-8-11(10)15/h5-8H,3-4,9H2,1-2H3,(H,16,17). The summed E-state index contributed by atoms with van der Waals surface area (Å²) >= 11 is 0. The van der Waals surface area contributed by atoms with E-state index in [1.54, 1.807) is 13.8 Å². The van der Waals surface area contributed by atoms with E-state index in [4.69, 9.17) is 9.47 Å². The molecule has 0 spiro atoms. The largest absolute Gasteiger partial charge is 0.480 e. The van der Waals surface area contributed by atoms with Crippen molar-refractivity contribution in [1.29, 1.82) is 0 Å². The lowest BCUT2D eigenvalue weighted by Crippen LogP contribution is -2.49. The topological polar surface area (TPSA) is 72.8 Å². The highest BCUT2D eigenvalue weighted by Gasteiger charge is 2.51. The van der Waals surface area contributed by atoms with Crippen LogP contribution in [0.5, 0.6) is 0 Å². The van der Waals surface area contributed by atoms with Gasteiger partial charge in [-0.2, -0.15) is 0 Å². The lowest BCUT2D eigenvalue weighted by molar-refractivity contribution is -0.165. The molecule has 0 saturated heterocycles. The number of hydrogen-bond acceptors (Lipinski definition) is 4. The minimum atomic E-state index is -2.20. The maximum absolute atomic E-state index is 13.9. The molecular formula is C14H17FO5. The van der Waals surface area contributed by atoms with E-state index in [0.29, 0.717) is 0 Å². The smallest absolute Gasteiger partial charge is 0.330 e. The van der Waals surface area contributed by atoms with Gasteiger partial charge < -0.3 is 14.6 Å². The Morgan fingerprint density at radius 3 is 2.40 bits per heavy atom. The zero-order chi connectivity index (χ0) is 15.2. The monoisotopic (exact) mass is 284 g/mol. The normalized spacial score (nSPS) is 13.6. The van der Waals surface area contributed by atoms with Gasteiger partial charge in [0.15, 0.2) is 0 Å². The summed E-state index contributed by atoms with van der Waals surface area (Å²) in [5.74, 6) is -3.33. The summed E-state index contributed by atoms with van der Waals surface area (Å²) in [4.78, 5) is 23.8. The van der Waals surface area contributed by atoms with E-state index in [-0.39, 0.29) is 18.8 Å². The fourth-order valence-electron chi connectivity index (χ4n) is 1.83. The van der Waals surface area contributed by atoms with Crippen molar-refractivity contribution >= 4 is 11.9 Å². The first-order chi connectivity index (χ1) is 9.50. The van der Waals surface area contributed by atoms with Gasteiger partial charge >= 0.3 is 11.9 Å². The van der Waals surface area contributed by atoms with Gasteiger partial charge in [0.1, 0.15) is 5.82 Å². The van der Waals surface area contributed by atoms with Crippen molar-refractivity contribution < 1.29 is 28.6 Å². The first-order valence-electron chi connectivity index (χ1n) is 6.24. The van der Waals surface area contributed by atoms with Crippen LogP contribution in [0.1, 0.15) is 19.4 Å². The molecule has 5 nitrogen and oxygen atoms in total. The van der Waals surface area contributed by atoms with Crippen molar-refractivity contribution in [2.45, 2.75) is 19.3 Å². The van der Waals surface area contributed by atoms with Crippen LogP contribution < -0.4 is 0 Å². The Hall–Kier alpha value is -1.95. The molecule has 0 bridgehead atoms. The van der Waals surface area contributed by atoms with Crippen LogP contribution in [0.3, 0.4) is 0 Å². The number of carbonyl (C=O) groups excluding carboxylic acids is 1. The van der Waals surface area contributed by atoms with E-state index < -0.39 is 29.8 Å². The van der Waals surface area contributed by atoms with Gasteiger partial charge in [0.25, 0.3) is 0 Å². The predicted octanol–water partition coefficient (Wildman–Crippen LogP) is 1.75. The number of benzene rings is 1. The number of esters is 1. The molecule has 0 aliphatic heterocycles. The Kier molecular flexibility index (Phi) is 5.64. The van der Waals surface area contributed by atoms with Crippen LogP contribution in [0, 0.1) is 5.82 Å². The second-order valence-electron chi connectivity index (χ2n) is 4.05. The van der Waals surface area contributed by atoms with Crippen molar-refractivity contribution in [1.82, 2.24) is 0 Å². The summed E-state index contributed by atoms with van der Waals surface area (Å²) < 4.78 is 23.8. The van der Waals surface area contributed by atoms with Gasteiger partial charge in [-0.3, -0.25) is 9.59 Å².